The maximum atomic E-state index is 6.12. The molecule has 3 rings (SSSR count). The molecule has 1 aliphatic rings. The Morgan fingerprint density at radius 2 is 1.58 bits per heavy atom. The van der Waals surface area contributed by atoms with Crippen LogP contribution in [0.3, 0.4) is 0 Å². The van der Waals surface area contributed by atoms with Crippen LogP contribution in [0.1, 0.15) is 48.5 Å². The molecule has 2 aromatic rings. The largest absolute Gasteiger partial charge is 0.494 e. The molecule has 1 aliphatic heterocycles. The average Bonchev–Trinajstić information content (AvgIpc) is 2.65. The third-order valence-corrected chi connectivity index (χ3v) is 4.62. The molecule has 0 amide bonds. The highest BCUT2D eigenvalue weighted by molar-refractivity contribution is 6.62. The number of hydrogen-bond acceptors (Lipinski definition) is 4. The summed E-state index contributed by atoms with van der Waals surface area (Å²) in [5, 5.41) is 1.04. The van der Waals surface area contributed by atoms with E-state index in [1.54, 1.807) is 0 Å². The van der Waals surface area contributed by atoms with Gasteiger partial charge in [-0.05, 0) is 66.1 Å². The van der Waals surface area contributed by atoms with Gasteiger partial charge in [0.1, 0.15) is 5.60 Å². The van der Waals surface area contributed by atoms with Gasteiger partial charge in [-0.2, -0.15) is 0 Å². The van der Waals surface area contributed by atoms with Gasteiger partial charge in [0.25, 0.3) is 0 Å². The molecular weight excluding hydrogens is 301 g/mol. The van der Waals surface area contributed by atoms with Crippen LogP contribution in [0.4, 0.5) is 0 Å². The first-order chi connectivity index (χ1) is 11.0. The summed E-state index contributed by atoms with van der Waals surface area (Å²) >= 11 is 0. The van der Waals surface area contributed by atoms with Crippen molar-refractivity contribution in [3.63, 3.8) is 0 Å². The summed E-state index contributed by atoms with van der Waals surface area (Å²) in [6.45, 7) is 14.3. The van der Waals surface area contributed by atoms with E-state index in [2.05, 4.69) is 38.7 Å². The number of fused-ring (bicyclic) bond motifs is 1. The fourth-order valence-corrected chi connectivity index (χ4v) is 2.62. The first-order valence-corrected chi connectivity index (χ1v) is 8.42. The van der Waals surface area contributed by atoms with Crippen molar-refractivity contribution in [1.82, 2.24) is 4.98 Å². The van der Waals surface area contributed by atoms with Gasteiger partial charge in [-0.15, -0.1) is 0 Å². The van der Waals surface area contributed by atoms with Crippen LogP contribution in [0.15, 0.2) is 30.3 Å². The van der Waals surface area contributed by atoms with Crippen molar-refractivity contribution in [2.75, 3.05) is 0 Å². The van der Waals surface area contributed by atoms with Crippen LogP contribution in [0.25, 0.3) is 10.9 Å². The number of aromatic nitrogens is 1. The topological polar surface area (TPSA) is 40.6 Å². The Hall–Kier alpha value is -1.59. The number of nitrogens with zero attached hydrogens (tertiary/aromatic N) is 1. The zero-order chi connectivity index (χ0) is 17.8. The summed E-state index contributed by atoms with van der Waals surface area (Å²) < 4.78 is 18.1. The van der Waals surface area contributed by atoms with Crippen molar-refractivity contribution in [3.05, 3.63) is 30.3 Å². The van der Waals surface area contributed by atoms with Crippen LogP contribution >= 0.6 is 0 Å². The van der Waals surface area contributed by atoms with E-state index in [0.717, 1.165) is 16.4 Å². The van der Waals surface area contributed by atoms with Gasteiger partial charge in [-0.1, -0.05) is 12.1 Å². The number of hydrogen-bond donors (Lipinski definition) is 0. The van der Waals surface area contributed by atoms with Crippen LogP contribution in [-0.2, 0) is 9.31 Å². The molecule has 4 nitrogen and oxygen atoms in total. The molecule has 0 atom stereocenters. The van der Waals surface area contributed by atoms with Gasteiger partial charge in [0, 0.05) is 11.5 Å². The number of rotatable bonds is 2. The van der Waals surface area contributed by atoms with E-state index in [1.165, 1.54) is 0 Å². The Morgan fingerprint density at radius 1 is 0.958 bits per heavy atom. The minimum absolute atomic E-state index is 0.261. The minimum atomic E-state index is -0.357. The quantitative estimate of drug-likeness (QED) is 0.789. The Bertz CT molecular complexity index is 749. The molecule has 24 heavy (non-hydrogen) atoms. The van der Waals surface area contributed by atoms with E-state index in [0.29, 0.717) is 5.88 Å². The fraction of sp³-hybridized carbons (Fsp3) is 0.526. The molecular formula is C19H26BNO3. The zero-order valence-electron chi connectivity index (χ0n) is 15.6. The third kappa shape index (κ3) is 3.28. The first-order valence-electron chi connectivity index (χ1n) is 8.42. The molecule has 0 radical (unpaired) electrons. The molecule has 1 aromatic carbocycles. The lowest BCUT2D eigenvalue weighted by Crippen LogP contribution is -2.41. The highest BCUT2D eigenvalue weighted by atomic mass is 16.7. The Kier molecular flexibility index (Phi) is 3.93. The first kappa shape index (κ1) is 17.2. The molecule has 2 heterocycles. The van der Waals surface area contributed by atoms with Crippen molar-refractivity contribution in [2.45, 2.75) is 65.3 Å². The van der Waals surface area contributed by atoms with Gasteiger partial charge in [-0.3, -0.25) is 0 Å². The molecule has 1 fully saturated rings. The molecule has 1 saturated heterocycles. The fourth-order valence-electron chi connectivity index (χ4n) is 2.62. The predicted molar refractivity (Wildman–Crippen MR) is 97.8 cm³/mol. The summed E-state index contributed by atoms with van der Waals surface area (Å²) in [5.74, 6) is 0.637. The van der Waals surface area contributed by atoms with Gasteiger partial charge < -0.3 is 14.0 Å². The standard InChI is InChI=1S/C19H26BNO3/c1-17(2,3)22-16-11-8-13-12-14(9-10-15(13)21-16)20-23-18(4,5)19(6,7)24-20/h8-12H,1-7H3. The van der Waals surface area contributed by atoms with Crippen LogP contribution < -0.4 is 10.2 Å². The summed E-state index contributed by atoms with van der Waals surface area (Å²) in [7, 11) is -0.357. The monoisotopic (exact) mass is 327 g/mol. The molecule has 0 spiro atoms. The van der Waals surface area contributed by atoms with Crippen molar-refractivity contribution in [1.29, 1.82) is 0 Å². The maximum Gasteiger partial charge on any atom is 0.494 e. The van der Waals surface area contributed by atoms with Gasteiger partial charge in [0.2, 0.25) is 5.88 Å². The number of benzene rings is 1. The normalized spacial score (nSPS) is 19.7. The van der Waals surface area contributed by atoms with E-state index < -0.39 is 0 Å². The molecule has 0 bridgehead atoms. The smallest absolute Gasteiger partial charge is 0.472 e. The molecule has 1 aromatic heterocycles. The Morgan fingerprint density at radius 3 is 2.17 bits per heavy atom. The van der Waals surface area contributed by atoms with Crippen LogP contribution in [0, 0.1) is 0 Å². The van der Waals surface area contributed by atoms with Gasteiger partial charge in [0.15, 0.2) is 0 Å². The van der Waals surface area contributed by atoms with E-state index in [4.69, 9.17) is 14.0 Å². The number of pyridine rings is 1. The van der Waals surface area contributed by atoms with Crippen LogP contribution in [-0.4, -0.2) is 28.9 Å². The van der Waals surface area contributed by atoms with Crippen LogP contribution in [0.2, 0.25) is 0 Å². The second kappa shape index (κ2) is 5.46. The van der Waals surface area contributed by atoms with Crippen molar-refractivity contribution in [2.24, 2.45) is 0 Å². The predicted octanol–water partition coefficient (Wildman–Crippen LogP) is 3.71. The van der Waals surface area contributed by atoms with E-state index in [1.807, 2.05) is 45.0 Å². The summed E-state index contributed by atoms with van der Waals surface area (Å²) in [6, 6.07) is 10.0. The number of ether oxygens (including phenoxy) is 1. The lowest BCUT2D eigenvalue weighted by Gasteiger charge is -2.32. The second-order valence-corrected chi connectivity index (χ2v) is 8.40. The molecule has 0 aliphatic carbocycles. The summed E-state index contributed by atoms with van der Waals surface area (Å²) in [6.07, 6.45) is 0. The molecule has 128 valence electrons. The lowest BCUT2D eigenvalue weighted by atomic mass is 9.78. The second-order valence-electron chi connectivity index (χ2n) is 8.40. The molecule has 5 heteroatoms. The Balaban J connectivity index is 1.89. The average molecular weight is 327 g/mol. The summed E-state index contributed by atoms with van der Waals surface area (Å²) in [5.41, 5.74) is 0.970. The van der Waals surface area contributed by atoms with E-state index in [-0.39, 0.29) is 23.9 Å². The van der Waals surface area contributed by atoms with Crippen molar-refractivity contribution >= 4 is 23.5 Å². The van der Waals surface area contributed by atoms with Gasteiger partial charge in [0.05, 0.1) is 16.7 Å². The molecule has 0 saturated carbocycles. The SMILES string of the molecule is CC(C)(C)Oc1ccc2cc(B3OC(C)(C)C(C)(C)O3)ccc2n1. The van der Waals surface area contributed by atoms with Crippen molar-refractivity contribution < 1.29 is 14.0 Å². The maximum absolute atomic E-state index is 6.12. The lowest BCUT2D eigenvalue weighted by molar-refractivity contribution is 0.00578. The summed E-state index contributed by atoms with van der Waals surface area (Å²) in [4.78, 5) is 4.58. The van der Waals surface area contributed by atoms with Crippen molar-refractivity contribution in [3.8, 4) is 5.88 Å². The molecule has 0 N–H and O–H groups in total. The van der Waals surface area contributed by atoms with Crippen LogP contribution in [0.5, 0.6) is 5.88 Å². The highest BCUT2D eigenvalue weighted by Gasteiger charge is 2.51. The molecule has 0 unspecified atom stereocenters. The van der Waals surface area contributed by atoms with E-state index in [9.17, 15) is 0 Å². The van der Waals surface area contributed by atoms with E-state index >= 15 is 0 Å². The van der Waals surface area contributed by atoms with Gasteiger partial charge >= 0.3 is 7.12 Å². The zero-order valence-corrected chi connectivity index (χ0v) is 15.6. The highest BCUT2D eigenvalue weighted by Crippen LogP contribution is 2.36. The third-order valence-electron chi connectivity index (χ3n) is 4.62. The minimum Gasteiger partial charge on any atom is -0.472 e. The van der Waals surface area contributed by atoms with Gasteiger partial charge in [-0.25, -0.2) is 4.98 Å². The Labute approximate surface area is 144 Å².